The molecule has 7 heteroatoms. The van der Waals surface area contributed by atoms with Crippen LogP contribution in [0.1, 0.15) is 18.9 Å². The second kappa shape index (κ2) is 5.32. The summed E-state index contributed by atoms with van der Waals surface area (Å²) in [5.41, 5.74) is -0.547. The van der Waals surface area contributed by atoms with Crippen molar-refractivity contribution >= 4 is 33.4 Å². The average Bonchev–Trinajstić information content (AvgIpc) is 2.74. The highest BCUT2D eigenvalue weighted by molar-refractivity contribution is 9.10. The predicted molar refractivity (Wildman–Crippen MR) is 73.2 cm³/mol. The predicted octanol–water partition coefficient (Wildman–Crippen LogP) is 2.42. The maximum absolute atomic E-state index is 11.9. The lowest BCUT2D eigenvalue weighted by Crippen LogP contribution is -2.36. The maximum atomic E-state index is 11.9. The molecule has 0 amide bonds. The molecule has 0 saturated carbocycles. The second-order valence-corrected chi connectivity index (χ2v) is 5.59. The number of esters is 1. The number of benzene rings is 1. The third-order valence-corrected chi connectivity index (χ3v) is 4.30. The van der Waals surface area contributed by atoms with Gasteiger partial charge >= 0.3 is 5.97 Å². The van der Waals surface area contributed by atoms with E-state index in [0.717, 1.165) is 0 Å². The Morgan fingerprint density at radius 1 is 1.55 bits per heavy atom. The summed E-state index contributed by atoms with van der Waals surface area (Å²) in [7, 11) is 0. The highest BCUT2D eigenvalue weighted by Crippen LogP contribution is 2.37. The molecule has 1 atom stereocenters. The summed E-state index contributed by atoms with van der Waals surface area (Å²) in [6, 6.07) is 4.27. The fourth-order valence-corrected chi connectivity index (χ4v) is 2.79. The molecule has 1 fully saturated rings. The number of hydrogen-bond donors (Lipinski definition) is 0. The van der Waals surface area contributed by atoms with Gasteiger partial charge in [-0.25, -0.2) is 0 Å². The molecule has 1 saturated heterocycles. The number of carbonyl (C=O) groups is 2. The van der Waals surface area contributed by atoms with Crippen LogP contribution >= 0.6 is 15.9 Å². The van der Waals surface area contributed by atoms with Gasteiger partial charge in [0.2, 0.25) is 0 Å². The molecule has 0 bridgehead atoms. The summed E-state index contributed by atoms with van der Waals surface area (Å²) >= 11 is 3.25. The second-order valence-electron chi connectivity index (χ2n) is 4.73. The van der Waals surface area contributed by atoms with E-state index in [9.17, 15) is 19.7 Å². The smallest absolute Gasteiger partial charge is 0.320 e. The van der Waals surface area contributed by atoms with E-state index in [-0.39, 0.29) is 24.5 Å². The van der Waals surface area contributed by atoms with Gasteiger partial charge in [0.25, 0.3) is 5.69 Å². The molecule has 0 aliphatic carbocycles. The van der Waals surface area contributed by atoms with E-state index < -0.39 is 16.3 Å². The molecule has 6 nitrogen and oxygen atoms in total. The minimum atomic E-state index is -1.17. The number of halogens is 1. The highest BCUT2D eigenvalue weighted by Gasteiger charge is 2.49. The van der Waals surface area contributed by atoms with Gasteiger partial charge in [0.05, 0.1) is 11.5 Å². The molecule has 1 aliphatic heterocycles. The van der Waals surface area contributed by atoms with E-state index in [0.29, 0.717) is 16.5 Å². The standard InChI is InChI=1S/C13H12BrNO5/c1-8(16)13(4-5-20-12(13)17)7-9-2-3-10(15(18)19)6-11(9)14/h2-3,6H,4-5,7H2,1H3. The molecular formula is C13H12BrNO5. The van der Waals surface area contributed by atoms with Crippen LogP contribution in [0.3, 0.4) is 0 Å². The van der Waals surface area contributed by atoms with Gasteiger partial charge in [-0.2, -0.15) is 0 Å². The van der Waals surface area contributed by atoms with E-state index >= 15 is 0 Å². The van der Waals surface area contributed by atoms with Crippen LogP contribution in [0.2, 0.25) is 0 Å². The molecule has 1 aromatic rings. The topological polar surface area (TPSA) is 86.5 Å². The van der Waals surface area contributed by atoms with Crippen molar-refractivity contribution in [3.63, 3.8) is 0 Å². The van der Waals surface area contributed by atoms with E-state index in [4.69, 9.17) is 4.74 Å². The molecule has 0 aromatic heterocycles. The quantitative estimate of drug-likeness (QED) is 0.363. The van der Waals surface area contributed by atoms with Crippen molar-refractivity contribution < 1.29 is 19.2 Å². The first-order chi connectivity index (χ1) is 9.36. The van der Waals surface area contributed by atoms with Gasteiger partial charge in [-0.3, -0.25) is 19.7 Å². The molecular weight excluding hydrogens is 330 g/mol. The van der Waals surface area contributed by atoms with Crippen molar-refractivity contribution in [2.75, 3.05) is 6.61 Å². The monoisotopic (exact) mass is 341 g/mol. The Hall–Kier alpha value is -1.76. The average molecular weight is 342 g/mol. The van der Waals surface area contributed by atoms with E-state index in [1.807, 2.05) is 0 Å². The van der Waals surface area contributed by atoms with Crippen LogP contribution in [0.5, 0.6) is 0 Å². The van der Waals surface area contributed by atoms with Crippen molar-refractivity contribution in [3.05, 3.63) is 38.3 Å². The Balaban J connectivity index is 2.35. The number of nitro groups is 1. The first kappa shape index (κ1) is 14.6. The van der Waals surface area contributed by atoms with Crippen molar-refractivity contribution in [1.29, 1.82) is 0 Å². The van der Waals surface area contributed by atoms with Gasteiger partial charge in [-0.05, 0) is 18.9 Å². The Labute approximate surface area is 123 Å². The number of non-ortho nitro benzene ring substituents is 1. The third-order valence-electron chi connectivity index (χ3n) is 3.57. The van der Waals surface area contributed by atoms with Gasteiger partial charge in [-0.15, -0.1) is 0 Å². The van der Waals surface area contributed by atoms with Gasteiger partial charge < -0.3 is 4.74 Å². The number of ether oxygens (including phenoxy) is 1. The highest BCUT2D eigenvalue weighted by atomic mass is 79.9. The zero-order chi connectivity index (χ0) is 14.9. The molecule has 0 spiro atoms. The van der Waals surface area contributed by atoms with E-state index in [1.54, 1.807) is 6.07 Å². The van der Waals surface area contributed by atoms with Gasteiger partial charge in [-0.1, -0.05) is 22.0 Å². The number of hydrogen-bond acceptors (Lipinski definition) is 5. The zero-order valence-corrected chi connectivity index (χ0v) is 12.3. The normalized spacial score (nSPS) is 21.6. The van der Waals surface area contributed by atoms with Crippen LogP contribution in [0, 0.1) is 15.5 Å². The number of rotatable bonds is 4. The molecule has 20 heavy (non-hydrogen) atoms. The Morgan fingerprint density at radius 2 is 2.25 bits per heavy atom. The summed E-state index contributed by atoms with van der Waals surface area (Å²) in [6.07, 6.45) is 0.518. The van der Waals surface area contributed by atoms with Crippen molar-refractivity contribution in [3.8, 4) is 0 Å². The van der Waals surface area contributed by atoms with Crippen molar-refractivity contribution in [1.82, 2.24) is 0 Å². The first-order valence-electron chi connectivity index (χ1n) is 5.98. The van der Waals surface area contributed by atoms with Crippen LogP contribution in [0.4, 0.5) is 5.69 Å². The van der Waals surface area contributed by atoms with Crippen LogP contribution < -0.4 is 0 Å². The fourth-order valence-electron chi connectivity index (χ4n) is 2.28. The Morgan fingerprint density at radius 3 is 2.70 bits per heavy atom. The lowest BCUT2D eigenvalue weighted by Gasteiger charge is -2.21. The fraction of sp³-hybridized carbons (Fsp3) is 0.385. The molecule has 2 rings (SSSR count). The van der Waals surface area contributed by atoms with Gasteiger partial charge in [0.1, 0.15) is 11.2 Å². The van der Waals surface area contributed by atoms with Crippen LogP contribution in [-0.4, -0.2) is 23.3 Å². The minimum Gasteiger partial charge on any atom is -0.465 e. The SMILES string of the molecule is CC(=O)C1(Cc2ccc([N+](=O)[O-])cc2Br)CCOC1=O. The minimum absolute atomic E-state index is 0.0495. The first-order valence-corrected chi connectivity index (χ1v) is 6.77. The number of ketones is 1. The van der Waals surface area contributed by atoms with E-state index in [2.05, 4.69) is 15.9 Å². The van der Waals surface area contributed by atoms with E-state index in [1.165, 1.54) is 19.1 Å². The lowest BCUT2D eigenvalue weighted by molar-refractivity contribution is -0.384. The maximum Gasteiger partial charge on any atom is 0.320 e. The summed E-state index contributed by atoms with van der Waals surface area (Å²) in [6.45, 7) is 1.59. The van der Waals surface area contributed by atoms with Crippen molar-refractivity contribution in [2.45, 2.75) is 19.8 Å². The lowest BCUT2D eigenvalue weighted by atomic mass is 9.77. The number of carbonyl (C=O) groups excluding carboxylic acids is 2. The summed E-state index contributed by atoms with van der Waals surface area (Å²) in [4.78, 5) is 33.9. The number of nitrogens with zero attached hydrogens (tertiary/aromatic N) is 1. The summed E-state index contributed by atoms with van der Waals surface area (Å²) < 4.78 is 5.43. The molecule has 0 radical (unpaired) electrons. The zero-order valence-electron chi connectivity index (χ0n) is 10.7. The molecule has 1 unspecified atom stereocenters. The Bertz CT molecular complexity index is 600. The molecule has 1 aromatic carbocycles. The summed E-state index contributed by atoms with van der Waals surface area (Å²) in [5.74, 6) is -0.763. The molecule has 1 heterocycles. The van der Waals surface area contributed by atoms with Gasteiger partial charge in [0.15, 0.2) is 0 Å². The molecule has 1 aliphatic rings. The molecule has 106 valence electrons. The molecule has 0 N–H and O–H groups in total. The number of Topliss-reactive ketones (excluding diaryl/α,β-unsaturated/α-hetero) is 1. The van der Waals surface area contributed by atoms with Gasteiger partial charge in [0, 0.05) is 23.0 Å². The van der Waals surface area contributed by atoms with Crippen LogP contribution in [0.25, 0.3) is 0 Å². The largest absolute Gasteiger partial charge is 0.465 e. The van der Waals surface area contributed by atoms with Crippen LogP contribution in [0.15, 0.2) is 22.7 Å². The number of nitro benzene ring substituents is 1. The van der Waals surface area contributed by atoms with Crippen molar-refractivity contribution in [2.24, 2.45) is 5.41 Å². The van der Waals surface area contributed by atoms with Crippen LogP contribution in [-0.2, 0) is 20.7 Å². The Kier molecular flexibility index (Phi) is 3.89. The third kappa shape index (κ3) is 2.45. The summed E-state index contributed by atoms with van der Waals surface area (Å²) in [5, 5.41) is 10.7. The number of cyclic esters (lactones) is 1.